The van der Waals surface area contributed by atoms with Crippen molar-refractivity contribution in [3.8, 4) is 11.5 Å². The molecule has 0 atom stereocenters. The van der Waals surface area contributed by atoms with Crippen LogP contribution in [0.25, 0.3) is 6.08 Å². The zero-order chi connectivity index (χ0) is 18.4. The van der Waals surface area contributed by atoms with Crippen molar-refractivity contribution in [2.75, 3.05) is 19.9 Å². The highest BCUT2D eigenvalue weighted by molar-refractivity contribution is 6.05. The van der Waals surface area contributed by atoms with Crippen molar-refractivity contribution in [1.82, 2.24) is 10.6 Å². The monoisotopic (exact) mass is 354 g/mol. The summed E-state index contributed by atoms with van der Waals surface area (Å²) in [4.78, 5) is 24.7. The molecule has 0 fully saturated rings. The van der Waals surface area contributed by atoms with Gasteiger partial charge < -0.3 is 25.2 Å². The summed E-state index contributed by atoms with van der Waals surface area (Å²) < 4.78 is 10.6. The summed E-state index contributed by atoms with van der Waals surface area (Å²) in [5.74, 6) is 0.294. The second-order valence-corrected chi connectivity index (χ2v) is 5.47. The van der Waals surface area contributed by atoms with E-state index in [0.717, 1.165) is 0 Å². The van der Waals surface area contributed by atoms with Crippen molar-refractivity contribution in [3.63, 3.8) is 0 Å². The van der Waals surface area contributed by atoms with Crippen LogP contribution in [0, 0.1) is 0 Å². The molecule has 0 unspecified atom stereocenters. The number of aliphatic hydroxyl groups is 1. The largest absolute Gasteiger partial charge is 0.454 e. The fraction of sp³-hybridized carbons (Fsp3) is 0.158. The Bertz CT molecular complexity index is 833. The highest BCUT2D eigenvalue weighted by Gasteiger charge is 2.16. The molecule has 0 spiro atoms. The molecule has 0 radical (unpaired) electrons. The molecule has 1 aliphatic rings. The van der Waals surface area contributed by atoms with Gasteiger partial charge in [0, 0.05) is 12.1 Å². The van der Waals surface area contributed by atoms with E-state index < -0.39 is 11.8 Å². The van der Waals surface area contributed by atoms with Crippen LogP contribution in [0.2, 0.25) is 0 Å². The van der Waals surface area contributed by atoms with Gasteiger partial charge in [-0.3, -0.25) is 9.59 Å². The Hall–Kier alpha value is -3.32. The van der Waals surface area contributed by atoms with Crippen LogP contribution >= 0.6 is 0 Å². The van der Waals surface area contributed by atoms with E-state index in [0.29, 0.717) is 22.6 Å². The summed E-state index contributed by atoms with van der Waals surface area (Å²) in [5.41, 5.74) is 1.15. The Balaban J connectivity index is 1.85. The molecule has 0 saturated heterocycles. The predicted molar refractivity (Wildman–Crippen MR) is 94.5 cm³/mol. The van der Waals surface area contributed by atoms with E-state index in [1.807, 2.05) is 0 Å². The molecule has 0 aliphatic carbocycles. The molecule has 1 heterocycles. The average Bonchev–Trinajstić information content (AvgIpc) is 3.14. The Labute approximate surface area is 150 Å². The highest BCUT2D eigenvalue weighted by Crippen LogP contribution is 2.33. The first-order chi connectivity index (χ1) is 12.7. The Morgan fingerprint density at radius 2 is 1.85 bits per heavy atom. The van der Waals surface area contributed by atoms with Gasteiger partial charge in [-0.2, -0.15) is 0 Å². The zero-order valence-electron chi connectivity index (χ0n) is 13.9. The quantitative estimate of drug-likeness (QED) is 0.680. The van der Waals surface area contributed by atoms with E-state index in [1.54, 1.807) is 48.5 Å². The van der Waals surface area contributed by atoms with Gasteiger partial charge in [0.25, 0.3) is 11.8 Å². The minimum Gasteiger partial charge on any atom is -0.454 e. The maximum atomic E-state index is 12.4. The minimum atomic E-state index is -0.499. The first kappa shape index (κ1) is 17.5. The van der Waals surface area contributed by atoms with Gasteiger partial charge in [0.15, 0.2) is 11.5 Å². The molecule has 0 saturated carbocycles. The minimum absolute atomic E-state index is 0.0613. The van der Waals surface area contributed by atoms with Crippen molar-refractivity contribution in [2.45, 2.75) is 0 Å². The maximum absolute atomic E-state index is 12.4. The van der Waals surface area contributed by atoms with E-state index in [-0.39, 0.29) is 25.6 Å². The number of hydrogen-bond donors (Lipinski definition) is 3. The van der Waals surface area contributed by atoms with E-state index in [4.69, 9.17) is 14.6 Å². The van der Waals surface area contributed by atoms with Crippen LogP contribution < -0.4 is 20.1 Å². The van der Waals surface area contributed by atoms with Gasteiger partial charge >= 0.3 is 0 Å². The van der Waals surface area contributed by atoms with Crippen LogP contribution in [-0.4, -0.2) is 36.9 Å². The van der Waals surface area contributed by atoms with E-state index >= 15 is 0 Å². The second kappa shape index (κ2) is 8.17. The van der Waals surface area contributed by atoms with Crippen LogP contribution in [-0.2, 0) is 4.79 Å². The fourth-order valence-electron chi connectivity index (χ4n) is 2.38. The van der Waals surface area contributed by atoms with Crippen molar-refractivity contribution >= 4 is 17.9 Å². The Kier molecular flexibility index (Phi) is 5.50. The summed E-state index contributed by atoms with van der Waals surface area (Å²) in [6.07, 6.45) is 1.54. The van der Waals surface area contributed by atoms with Crippen LogP contribution in [0.5, 0.6) is 11.5 Å². The fourth-order valence-corrected chi connectivity index (χ4v) is 2.38. The van der Waals surface area contributed by atoms with E-state index in [9.17, 15) is 9.59 Å². The lowest BCUT2D eigenvalue weighted by Gasteiger charge is -2.11. The summed E-state index contributed by atoms with van der Waals surface area (Å²) in [5, 5.41) is 14.0. The summed E-state index contributed by atoms with van der Waals surface area (Å²) in [7, 11) is 0. The number of amides is 2. The number of carbonyl (C=O) groups is 2. The topological polar surface area (TPSA) is 96.9 Å². The molecule has 134 valence electrons. The molecule has 0 aromatic heterocycles. The molecule has 3 rings (SSSR count). The summed E-state index contributed by atoms with van der Waals surface area (Å²) in [6.45, 7) is 0.0330. The van der Waals surface area contributed by atoms with Gasteiger partial charge in [-0.25, -0.2) is 0 Å². The molecule has 2 aromatic rings. The lowest BCUT2D eigenvalue weighted by atomic mass is 10.1. The molecule has 7 nitrogen and oxygen atoms in total. The average molecular weight is 354 g/mol. The van der Waals surface area contributed by atoms with Crippen molar-refractivity contribution in [1.29, 1.82) is 0 Å². The molecule has 1 aliphatic heterocycles. The van der Waals surface area contributed by atoms with Crippen LogP contribution in [0.4, 0.5) is 0 Å². The number of aliphatic hydroxyl groups excluding tert-OH is 1. The van der Waals surface area contributed by atoms with Crippen LogP contribution in [0.3, 0.4) is 0 Å². The number of ether oxygens (including phenoxy) is 2. The first-order valence-electron chi connectivity index (χ1n) is 8.04. The van der Waals surface area contributed by atoms with Gasteiger partial charge in [-0.1, -0.05) is 24.3 Å². The third kappa shape index (κ3) is 4.20. The second-order valence-electron chi connectivity index (χ2n) is 5.47. The molecule has 2 amide bonds. The summed E-state index contributed by atoms with van der Waals surface area (Å²) in [6, 6.07) is 13.8. The SMILES string of the molecule is O=C(NCCO)/C(=C/c1ccc2c(c1)OCO2)NC(=O)c1ccccc1. The van der Waals surface area contributed by atoms with Gasteiger partial charge in [0.2, 0.25) is 6.79 Å². The Morgan fingerprint density at radius 3 is 2.62 bits per heavy atom. The molecule has 0 bridgehead atoms. The lowest BCUT2D eigenvalue weighted by Crippen LogP contribution is -2.36. The summed E-state index contributed by atoms with van der Waals surface area (Å²) >= 11 is 0. The van der Waals surface area contributed by atoms with Gasteiger partial charge in [0.05, 0.1) is 6.61 Å². The molecular weight excluding hydrogens is 336 g/mol. The van der Waals surface area contributed by atoms with E-state index in [1.165, 1.54) is 6.08 Å². The van der Waals surface area contributed by atoms with Crippen molar-refractivity contribution in [2.24, 2.45) is 0 Å². The number of nitrogens with one attached hydrogen (secondary N) is 2. The normalized spacial score (nSPS) is 12.6. The number of carbonyl (C=O) groups excluding carboxylic acids is 2. The highest BCUT2D eigenvalue weighted by atomic mass is 16.7. The molecule has 7 heteroatoms. The first-order valence-corrected chi connectivity index (χ1v) is 8.04. The lowest BCUT2D eigenvalue weighted by molar-refractivity contribution is -0.117. The third-order valence-corrected chi connectivity index (χ3v) is 3.63. The van der Waals surface area contributed by atoms with Crippen molar-refractivity contribution in [3.05, 3.63) is 65.4 Å². The standard InChI is InChI=1S/C19H18N2O5/c22-9-8-20-19(24)15(21-18(23)14-4-2-1-3-5-14)10-13-6-7-16-17(11-13)26-12-25-16/h1-7,10-11,22H,8-9,12H2,(H,20,24)(H,21,23)/b15-10-. The Morgan fingerprint density at radius 1 is 1.08 bits per heavy atom. The van der Waals surface area contributed by atoms with Gasteiger partial charge in [-0.15, -0.1) is 0 Å². The molecule has 3 N–H and O–H groups in total. The molecular formula is C19H18N2O5. The molecule has 2 aromatic carbocycles. The smallest absolute Gasteiger partial charge is 0.267 e. The van der Waals surface area contributed by atoms with Crippen LogP contribution in [0.15, 0.2) is 54.2 Å². The number of hydrogen-bond acceptors (Lipinski definition) is 5. The number of fused-ring (bicyclic) bond motifs is 1. The van der Waals surface area contributed by atoms with Gasteiger partial charge in [0.1, 0.15) is 5.70 Å². The van der Waals surface area contributed by atoms with E-state index in [2.05, 4.69) is 10.6 Å². The zero-order valence-corrected chi connectivity index (χ0v) is 13.9. The van der Waals surface area contributed by atoms with Gasteiger partial charge in [-0.05, 0) is 35.9 Å². The predicted octanol–water partition coefficient (Wildman–Crippen LogP) is 1.29. The number of benzene rings is 2. The molecule has 26 heavy (non-hydrogen) atoms. The maximum Gasteiger partial charge on any atom is 0.267 e. The number of rotatable bonds is 6. The van der Waals surface area contributed by atoms with Crippen LogP contribution in [0.1, 0.15) is 15.9 Å². The van der Waals surface area contributed by atoms with Crippen molar-refractivity contribution < 1.29 is 24.2 Å². The third-order valence-electron chi connectivity index (χ3n) is 3.63.